The number of benzene rings is 2. The minimum atomic E-state index is -0.145. The van der Waals surface area contributed by atoms with Gasteiger partial charge in [0.2, 0.25) is 5.91 Å². The number of carbonyl (C=O) groups excluding carboxylic acids is 1. The predicted octanol–water partition coefficient (Wildman–Crippen LogP) is 3.13. The van der Waals surface area contributed by atoms with Gasteiger partial charge in [-0.25, -0.2) is 0 Å². The summed E-state index contributed by atoms with van der Waals surface area (Å²) in [6, 6.07) is 13.0. The maximum Gasteiger partial charge on any atom is 0.224 e. The molecule has 0 aliphatic heterocycles. The molecule has 2 aromatic carbocycles. The molecule has 0 heterocycles. The van der Waals surface area contributed by atoms with Crippen molar-refractivity contribution in [3.05, 3.63) is 53.6 Å². The Morgan fingerprint density at radius 3 is 2.29 bits per heavy atom. The standard InChI is InChI=1S/C19H23NO4/c1-13(15-7-5-6-8-16(15)22-2)20-19(21)12-14-9-10-17(23-3)18(11-14)24-4/h5-11,13H,12H2,1-4H3,(H,20,21)/t13-/m1/s1. The van der Waals surface area contributed by atoms with Gasteiger partial charge in [0.15, 0.2) is 11.5 Å². The van der Waals surface area contributed by atoms with E-state index in [9.17, 15) is 4.79 Å². The Morgan fingerprint density at radius 1 is 0.958 bits per heavy atom. The van der Waals surface area contributed by atoms with Crippen LogP contribution in [0.25, 0.3) is 0 Å². The van der Waals surface area contributed by atoms with Crippen molar-refractivity contribution in [2.24, 2.45) is 0 Å². The molecule has 1 N–H and O–H groups in total. The molecule has 0 fully saturated rings. The fourth-order valence-electron chi connectivity index (χ4n) is 2.57. The van der Waals surface area contributed by atoms with Crippen molar-refractivity contribution in [1.29, 1.82) is 0 Å². The first-order valence-corrected chi connectivity index (χ1v) is 7.72. The number of hydrogen-bond acceptors (Lipinski definition) is 4. The van der Waals surface area contributed by atoms with Crippen LogP contribution < -0.4 is 19.5 Å². The molecule has 24 heavy (non-hydrogen) atoms. The van der Waals surface area contributed by atoms with E-state index in [1.165, 1.54) is 0 Å². The van der Waals surface area contributed by atoms with Gasteiger partial charge in [-0.2, -0.15) is 0 Å². The molecular weight excluding hydrogens is 306 g/mol. The van der Waals surface area contributed by atoms with Crippen LogP contribution in [-0.4, -0.2) is 27.2 Å². The molecule has 0 aliphatic rings. The lowest BCUT2D eigenvalue weighted by Crippen LogP contribution is -2.28. The summed E-state index contributed by atoms with van der Waals surface area (Å²) in [5.74, 6) is 1.95. The number of ether oxygens (including phenoxy) is 3. The SMILES string of the molecule is COc1ccc(CC(=O)N[C@H](C)c2ccccc2OC)cc1OC. The van der Waals surface area contributed by atoms with Crippen LogP contribution >= 0.6 is 0 Å². The first kappa shape index (κ1) is 17.7. The summed E-state index contributed by atoms with van der Waals surface area (Å²) < 4.78 is 15.8. The number of methoxy groups -OCH3 is 3. The normalized spacial score (nSPS) is 11.5. The second kappa shape index (κ2) is 8.24. The van der Waals surface area contributed by atoms with E-state index in [1.807, 2.05) is 43.3 Å². The van der Waals surface area contributed by atoms with Crippen LogP contribution in [0.2, 0.25) is 0 Å². The Labute approximate surface area is 142 Å². The number of para-hydroxylation sites is 1. The van der Waals surface area contributed by atoms with Crippen molar-refractivity contribution in [3.63, 3.8) is 0 Å². The van der Waals surface area contributed by atoms with Crippen LogP contribution in [0.3, 0.4) is 0 Å². The third-order valence-corrected chi connectivity index (χ3v) is 3.80. The minimum absolute atomic E-state index is 0.0689. The maximum absolute atomic E-state index is 12.3. The monoisotopic (exact) mass is 329 g/mol. The fraction of sp³-hybridized carbons (Fsp3) is 0.316. The summed E-state index contributed by atoms with van der Waals surface area (Å²) in [5, 5.41) is 2.99. The van der Waals surface area contributed by atoms with Crippen molar-refractivity contribution in [3.8, 4) is 17.2 Å². The molecule has 1 atom stereocenters. The molecular formula is C19H23NO4. The molecule has 0 aliphatic carbocycles. The van der Waals surface area contributed by atoms with Gasteiger partial charge in [-0.3, -0.25) is 4.79 Å². The zero-order valence-corrected chi connectivity index (χ0v) is 14.5. The lowest BCUT2D eigenvalue weighted by molar-refractivity contribution is -0.121. The van der Waals surface area contributed by atoms with Crippen molar-refractivity contribution < 1.29 is 19.0 Å². The molecule has 0 bridgehead atoms. The average Bonchev–Trinajstić information content (AvgIpc) is 2.61. The zero-order valence-electron chi connectivity index (χ0n) is 14.5. The molecule has 1 amide bonds. The molecule has 0 saturated carbocycles. The summed E-state index contributed by atoms with van der Waals surface area (Å²) in [6.07, 6.45) is 0.264. The van der Waals surface area contributed by atoms with Gasteiger partial charge in [0, 0.05) is 5.56 Å². The smallest absolute Gasteiger partial charge is 0.224 e. The maximum atomic E-state index is 12.3. The van der Waals surface area contributed by atoms with Crippen LogP contribution in [0.1, 0.15) is 24.1 Å². The number of rotatable bonds is 7. The Kier molecular flexibility index (Phi) is 6.07. The number of nitrogens with one attached hydrogen (secondary N) is 1. The van der Waals surface area contributed by atoms with Crippen molar-refractivity contribution in [2.75, 3.05) is 21.3 Å². The van der Waals surface area contributed by atoms with E-state index in [1.54, 1.807) is 27.4 Å². The van der Waals surface area contributed by atoms with E-state index in [4.69, 9.17) is 14.2 Å². The van der Waals surface area contributed by atoms with E-state index in [2.05, 4.69) is 5.32 Å². The summed E-state index contributed by atoms with van der Waals surface area (Å²) >= 11 is 0. The van der Waals surface area contributed by atoms with E-state index in [-0.39, 0.29) is 18.4 Å². The van der Waals surface area contributed by atoms with E-state index >= 15 is 0 Å². The van der Waals surface area contributed by atoms with Gasteiger partial charge in [-0.05, 0) is 30.7 Å². The molecule has 5 nitrogen and oxygen atoms in total. The van der Waals surface area contributed by atoms with Gasteiger partial charge in [0.1, 0.15) is 5.75 Å². The predicted molar refractivity (Wildman–Crippen MR) is 92.8 cm³/mol. The Morgan fingerprint density at radius 2 is 1.62 bits per heavy atom. The molecule has 0 radical (unpaired) electrons. The third-order valence-electron chi connectivity index (χ3n) is 3.80. The first-order valence-electron chi connectivity index (χ1n) is 7.72. The van der Waals surface area contributed by atoms with Gasteiger partial charge >= 0.3 is 0 Å². The number of hydrogen-bond donors (Lipinski definition) is 1. The summed E-state index contributed by atoms with van der Waals surface area (Å²) in [5.41, 5.74) is 1.80. The third kappa shape index (κ3) is 4.19. The van der Waals surface area contributed by atoms with Gasteiger partial charge in [-0.1, -0.05) is 24.3 Å². The van der Waals surface area contributed by atoms with E-state index in [0.29, 0.717) is 11.5 Å². The quantitative estimate of drug-likeness (QED) is 0.848. The van der Waals surface area contributed by atoms with Crippen LogP contribution in [0.5, 0.6) is 17.2 Å². The highest BCUT2D eigenvalue weighted by molar-refractivity contribution is 5.79. The van der Waals surface area contributed by atoms with Gasteiger partial charge in [-0.15, -0.1) is 0 Å². The molecule has 0 aromatic heterocycles. The molecule has 0 unspecified atom stereocenters. The van der Waals surface area contributed by atoms with Gasteiger partial charge in [0.05, 0.1) is 33.8 Å². The van der Waals surface area contributed by atoms with Crippen LogP contribution in [0, 0.1) is 0 Å². The highest BCUT2D eigenvalue weighted by Gasteiger charge is 2.14. The summed E-state index contributed by atoms with van der Waals surface area (Å²) in [6.45, 7) is 1.93. The molecule has 128 valence electrons. The molecule has 0 saturated heterocycles. The Bertz CT molecular complexity index is 700. The zero-order chi connectivity index (χ0) is 17.5. The van der Waals surface area contributed by atoms with Crippen LogP contribution in [-0.2, 0) is 11.2 Å². The highest BCUT2D eigenvalue weighted by atomic mass is 16.5. The molecule has 0 spiro atoms. The second-order valence-electron chi connectivity index (χ2n) is 5.40. The molecule has 2 aromatic rings. The van der Waals surface area contributed by atoms with Crippen molar-refractivity contribution in [2.45, 2.75) is 19.4 Å². The minimum Gasteiger partial charge on any atom is -0.496 e. The molecule has 5 heteroatoms. The topological polar surface area (TPSA) is 56.8 Å². The Hall–Kier alpha value is -2.69. The number of amides is 1. The lowest BCUT2D eigenvalue weighted by atomic mass is 10.1. The second-order valence-corrected chi connectivity index (χ2v) is 5.40. The fourth-order valence-corrected chi connectivity index (χ4v) is 2.57. The largest absolute Gasteiger partial charge is 0.496 e. The number of carbonyl (C=O) groups is 1. The van der Waals surface area contributed by atoms with E-state index in [0.717, 1.165) is 16.9 Å². The summed E-state index contributed by atoms with van der Waals surface area (Å²) in [4.78, 5) is 12.3. The van der Waals surface area contributed by atoms with Crippen LogP contribution in [0.4, 0.5) is 0 Å². The summed E-state index contributed by atoms with van der Waals surface area (Å²) in [7, 11) is 4.78. The van der Waals surface area contributed by atoms with Gasteiger partial charge in [0.25, 0.3) is 0 Å². The Balaban J connectivity index is 2.05. The molecule has 2 rings (SSSR count). The average molecular weight is 329 g/mol. The van der Waals surface area contributed by atoms with E-state index < -0.39 is 0 Å². The first-order chi connectivity index (χ1) is 11.6. The lowest BCUT2D eigenvalue weighted by Gasteiger charge is -2.17. The van der Waals surface area contributed by atoms with Crippen molar-refractivity contribution in [1.82, 2.24) is 5.32 Å². The van der Waals surface area contributed by atoms with Gasteiger partial charge < -0.3 is 19.5 Å². The van der Waals surface area contributed by atoms with Crippen molar-refractivity contribution >= 4 is 5.91 Å². The highest BCUT2D eigenvalue weighted by Crippen LogP contribution is 2.28. The van der Waals surface area contributed by atoms with Crippen LogP contribution in [0.15, 0.2) is 42.5 Å².